The van der Waals surface area contributed by atoms with Crippen LogP contribution >= 0.6 is 0 Å². The van der Waals surface area contributed by atoms with E-state index >= 15 is 0 Å². The Morgan fingerprint density at radius 3 is 2.33 bits per heavy atom. The number of fused-ring (bicyclic) bond motifs is 1. The first-order valence-electron chi connectivity index (χ1n) is 8.51. The molecule has 3 rings (SSSR count). The quantitative estimate of drug-likeness (QED) is 0.809. The van der Waals surface area contributed by atoms with Gasteiger partial charge in [0.25, 0.3) is 0 Å². The first-order chi connectivity index (χ1) is 12.7. The average molecular weight is 365 g/mol. The number of hydrogen-bond donors (Lipinski definition) is 2. The van der Waals surface area contributed by atoms with E-state index < -0.39 is 41.3 Å². The number of rotatable bonds is 4. The van der Waals surface area contributed by atoms with E-state index in [4.69, 9.17) is 5.11 Å². The van der Waals surface area contributed by atoms with Gasteiger partial charge in [-0.1, -0.05) is 42.5 Å². The van der Waals surface area contributed by atoms with Gasteiger partial charge < -0.3 is 10.4 Å². The standard InChI is InChI=1S/C21H19NO5/c1-21(2)15-9-8-13(12-6-4-3-5-7-12)10-14(15)18(25)17(19(21)26)20(27)22-11-16(23)24/h3-10,17H,11H2,1-2H3,(H,22,27)(H,23,24). The molecule has 2 aromatic carbocycles. The molecule has 2 N–H and O–H groups in total. The fourth-order valence-electron chi connectivity index (χ4n) is 3.37. The van der Waals surface area contributed by atoms with Crippen molar-refractivity contribution in [1.82, 2.24) is 5.32 Å². The highest BCUT2D eigenvalue weighted by Crippen LogP contribution is 2.38. The van der Waals surface area contributed by atoms with E-state index in [1.54, 1.807) is 26.0 Å². The van der Waals surface area contributed by atoms with Gasteiger partial charge in [0.05, 0.1) is 5.41 Å². The Morgan fingerprint density at radius 1 is 1.04 bits per heavy atom. The lowest BCUT2D eigenvalue weighted by atomic mass is 9.66. The summed E-state index contributed by atoms with van der Waals surface area (Å²) in [6, 6.07) is 14.7. The third-order valence-electron chi connectivity index (χ3n) is 4.88. The van der Waals surface area contributed by atoms with Crippen molar-refractivity contribution in [2.75, 3.05) is 6.54 Å². The van der Waals surface area contributed by atoms with E-state index in [1.165, 1.54) is 0 Å². The molecule has 0 radical (unpaired) electrons. The Labute approximate surface area is 156 Å². The summed E-state index contributed by atoms with van der Waals surface area (Å²) in [4.78, 5) is 48.8. The smallest absolute Gasteiger partial charge is 0.322 e. The molecule has 0 saturated carbocycles. The second-order valence-corrected chi connectivity index (χ2v) is 7.02. The van der Waals surface area contributed by atoms with E-state index in [9.17, 15) is 19.2 Å². The van der Waals surface area contributed by atoms with Gasteiger partial charge in [-0.25, -0.2) is 0 Å². The van der Waals surface area contributed by atoms with Gasteiger partial charge in [0, 0.05) is 5.56 Å². The first-order valence-corrected chi connectivity index (χ1v) is 8.51. The van der Waals surface area contributed by atoms with Gasteiger partial charge in [0.1, 0.15) is 6.54 Å². The number of hydrogen-bond acceptors (Lipinski definition) is 4. The van der Waals surface area contributed by atoms with Crippen molar-refractivity contribution in [2.24, 2.45) is 5.92 Å². The van der Waals surface area contributed by atoms with E-state index in [0.717, 1.165) is 11.1 Å². The molecule has 1 atom stereocenters. The molecule has 0 heterocycles. The van der Waals surface area contributed by atoms with Crippen LogP contribution in [0.15, 0.2) is 48.5 Å². The molecule has 138 valence electrons. The molecule has 1 unspecified atom stereocenters. The van der Waals surface area contributed by atoms with Crippen molar-refractivity contribution >= 4 is 23.4 Å². The minimum absolute atomic E-state index is 0.316. The topological polar surface area (TPSA) is 101 Å². The highest BCUT2D eigenvalue weighted by molar-refractivity contribution is 6.29. The number of carbonyl (C=O) groups excluding carboxylic acids is 3. The SMILES string of the molecule is CC1(C)C(=O)C(C(=O)NCC(=O)O)C(=O)c2cc(-c3ccccc3)ccc21. The summed E-state index contributed by atoms with van der Waals surface area (Å²) >= 11 is 0. The predicted octanol–water partition coefficient (Wildman–Crippen LogP) is 2.21. The predicted molar refractivity (Wildman–Crippen MR) is 98.4 cm³/mol. The van der Waals surface area contributed by atoms with Gasteiger partial charge in [0.2, 0.25) is 5.91 Å². The van der Waals surface area contributed by atoms with Crippen LogP contribution in [-0.4, -0.2) is 35.1 Å². The van der Waals surface area contributed by atoms with Crippen LogP contribution in [0.1, 0.15) is 29.8 Å². The second kappa shape index (κ2) is 6.79. The summed E-state index contributed by atoms with van der Waals surface area (Å²) in [5.74, 6) is -4.80. The van der Waals surface area contributed by atoms with Crippen molar-refractivity contribution < 1.29 is 24.3 Å². The number of carboxylic acids is 1. The number of carboxylic acid groups (broad SMARTS) is 1. The minimum Gasteiger partial charge on any atom is -0.480 e. The van der Waals surface area contributed by atoms with E-state index in [2.05, 4.69) is 5.32 Å². The van der Waals surface area contributed by atoms with E-state index in [1.807, 2.05) is 36.4 Å². The van der Waals surface area contributed by atoms with Crippen LogP contribution in [0.5, 0.6) is 0 Å². The number of nitrogens with one attached hydrogen (secondary N) is 1. The number of aliphatic carboxylic acids is 1. The monoisotopic (exact) mass is 365 g/mol. The Morgan fingerprint density at radius 2 is 1.70 bits per heavy atom. The zero-order valence-electron chi connectivity index (χ0n) is 15.0. The highest BCUT2D eigenvalue weighted by atomic mass is 16.4. The van der Waals surface area contributed by atoms with Gasteiger partial charge in [-0.3, -0.25) is 19.2 Å². The molecule has 2 aromatic rings. The molecule has 0 saturated heterocycles. The third kappa shape index (κ3) is 3.26. The van der Waals surface area contributed by atoms with Crippen molar-refractivity contribution in [3.8, 4) is 11.1 Å². The minimum atomic E-state index is -1.54. The molecule has 0 bridgehead atoms. The molecule has 0 spiro atoms. The molecule has 0 fully saturated rings. The largest absolute Gasteiger partial charge is 0.480 e. The fraction of sp³-hybridized carbons (Fsp3) is 0.238. The molecule has 1 aliphatic rings. The summed E-state index contributed by atoms with van der Waals surface area (Å²) in [7, 11) is 0. The molecule has 1 amide bonds. The Bertz CT molecular complexity index is 946. The van der Waals surface area contributed by atoms with Crippen LogP contribution in [0.4, 0.5) is 0 Å². The number of amides is 1. The molecule has 0 aliphatic heterocycles. The van der Waals surface area contributed by atoms with Crippen LogP contribution in [0.3, 0.4) is 0 Å². The maximum atomic E-state index is 13.0. The zero-order chi connectivity index (χ0) is 19.8. The normalized spacial score (nSPS) is 17.9. The Hall–Kier alpha value is -3.28. The van der Waals surface area contributed by atoms with E-state index in [0.29, 0.717) is 11.1 Å². The lowest BCUT2D eigenvalue weighted by Gasteiger charge is -2.34. The molecular formula is C21H19NO5. The fourth-order valence-corrected chi connectivity index (χ4v) is 3.37. The molecule has 0 aromatic heterocycles. The molecule has 27 heavy (non-hydrogen) atoms. The van der Waals surface area contributed by atoms with Gasteiger partial charge in [0.15, 0.2) is 17.5 Å². The lowest BCUT2D eigenvalue weighted by molar-refractivity contribution is -0.140. The number of ketones is 2. The van der Waals surface area contributed by atoms with Crippen molar-refractivity contribution in [3.63, 3.8) is 0 Å². The van der Waals surface area contributed by atoms with Crippen LogP contribution in [-0.2, 0) is 19.8 Å². The number of carbonyl (C=O) groups is 4. The van der Waals surface area contributed by atoms with Gasteiger partial charge >= 0.3 is 5.97 Å². The zero-order valence-corrected chi connectivity index (χ0v) is 15.0. The molecule has 6 nitrogen and oxygen atoms in total. The Kier molecular flexibility index (Phi) is 4.66. The molecule has 6 heteroatoms. The second-order valence-electron chi connectivity index (χ2n) is 7.02. The summed E-state index contributed by atoms with van der Waals surface area (Å²) in [6.45, 7) is 2.69. The summed E-state index contributed by atoms with van der Waals surface area (Å²) in [5, 5.41) is 10.9. The average Bonchev–Trinajstić information content (AvgIpc) is 2.65. The van der Waals surface area contributed by atoms with Crippen LogP contribution in [0.25, 0.3) is 11.1 Å². The number of benzene rings is 2. The maximum absolute atomic E-state index is 13.0. The van der Waals surface area contributed by atoms with Crippen molar-refractivity contribution in [1.29, 1.82) is 0 Å². The van der Waals surface area contributed by atoms with Gasteiger partial charge in [-0.05, 0) is 36.6 Å². The first kappa shape index (κ1) is 18.5. The molecule has 1 aliphatic carbocycles. The lowest BCUT2D eigenvalue weighted by Crippen LogP contribution is -2.51. The maximum Gasteiger partial charge on any atom is 0.322 e. The van der Waals surface area contributed by atoms with Crippen molar-refractivity contribution in [3.05, 3.63) is 59.7 Å². The third-order valence-corrected chi connectivity index (χ3v) is 4.88. The van der Waals surface area contributed by atoms with Gasteiger partial charge in [-0.15, -0.1) is 0 Å². The van der Waals surface area contributed by atoms with E-state index in [-0.39, 0.29) is 0 Å². The summed E-state index contributed by atoms with van der Waals surface area (Å²) in [5.41, 5.74) is 1.56. The van der Waals surface area contributed by atoms with Gasteiger partial charge in [-0.2, -0.15) is 0 Å². The number of Topliss-reactive ketones (excluding diaryl/α,β-unsaturated/α-hetero) is 2. The highest BCUT2D eigenvalue weighted by Gasteiger charge is 2.49. The van der Waals surface area contributed by atoms with Crippen LogP contribution in [0, 0.1) is 5.92 Å². The molecular weight excluding hydrogens is 346 g/mol. The van der Waals surface area contributed by atoms with Crippen molar-refractivity contribution in [2.45, 2.75) is 19.3 Å². The Balaban J connectivity index is 2.06. The van der Waals surface area contributed by atoms with Crippen LogP contribution in [0.2, 0.25) is 0 Å². The summed E-state index contributed by atoms with van der Waals surface area (Å²) < 4.78 is 0. The van der Waals surface area contributed by atoms with Crippen LogP contribution < -0.4 is 5.32 Å². The summed E-state index contributed by atoms with van der Waals surface area (Å²) in [6.07, 6.45) is 0.